The molecule has 0 aliphatic heterocycles. The van der Waals surface area contributed by atoms with Gasteiger partial charge < -0.3 is 18.8 Å². The number of carbonyl (C=O) groups excluding carboxylic acids is 1. The number of carbonyl (C=O) groups is 1. The van der Waals surface area contributed by atoms with Crippen LogP contribution < -0.4 is 9.47 Å². The van der Waals surface area contributed by atoms with Crippen molar-refractivity contribution in [3.63, 3.8) is 0 Å². The molecule has 2 aromatic rings. The summed E-state index contributed by atoms with van der Waals surface area (Å²) >= 11 is 5.78. The van der Waals surface area contributed by atoms with E-state index in [9.17, 15) is 4.79 Å². The number of nitrogens with zero attached hydrogens (tertiary/aromatic N) is 1. The van der Waals surface area contributed by atoms with Gasteiger partial charge in [-0.1, -0.05) is 0 Å². The van der Waals surface area contributed by atoms with Crippen LogP contribution in [-0.2, 0) is 6.54 Å². The van der Waals surface area contributed by atoms with Gasteiger partial charge in [0.2, 0.25) is 0 Å². The molecule has 1 saturated carbocycles. The lowest BCUT2D eigenvalue weighted by molar-refractivity contribution is 0.0696. The van der Waals surface area contributed by atoms with Gasteiger partial charge in [0.15, 0.2) is 11.0 Å². The number of ether oxygens (including phenoxy) is 2. The zero-order valence-corrected chi connectivity index (χ0v) is 13.8. The zero-order chi connectivity index (χ0) is 16.4. The lowest BCUT2D eigenvalue weighted by atomic mass is 10.1. The molecule has 6 heteroatoms. The molecule has 5 nitrogen and oxygen atoms in total. The number of hydrogen-bond donors (Lipinski definition) is 0. The molecular weight excluding hydrogens is 318 g/mol. The molecule has 1 aromatic heterocycles. The summed E-state index contributed by atoms with van der Waals surface area (Å²) in [5, 5.41) is 0.211. The molecule has 0 radical (unpaired) electrons. The van der Waals surface area contributed by atoms with Gasteiger partial charge in [-0.3, -0.25) is 4.79 Å². The number of halogens is 1. The molecule has 3 rings (SSSR count). The van der Waals surface area contributed by atoms with Crippen molar-refractivity contribution < 1.29 is 18.7 Å². The molecule has 23 heavy (non-hydrogen) atoms. The summed E-state index contributed by atoms with van der Waals surface area (Å²) < 4.78 is 15.9. The Bertz CT molecular complexity index is 708. The van der Waals surface area contributed by atoms with Crippen LogP contribution in [-0.4, -0.2) is 31.1 Å². The fraction of sp³-hybridized carbons (Fsp3) is 0.353. The fourth-order valence-electron chi connectivity index (χ4n) is 2.51. The molecule has 0 bridgehead atoms. The summed E-state index contributed by atoms with van der Waals surface area (Å²) in [6.45, 7) is 0.433. The van der Waals surface area contributed by atoms with Crippen molar-refractivity contribution in [2.75, 3.05) is 14.2 Å². The van der Waals surface area contributed by atoms with Crippen molar-refractivity contribution in [1.82, 2.24) is 4.90 Å². The smallest absolute Gasteiger partial charge is 0.290 e. The Hall–Kier alpha value is -2.14. The number of furan rings is 1. The highest BCUT2D eigenvalue weighted by Gasteiger charge is 2.34. The number of amides is 1. The summed E-state index contributed by atoms with van der Waals surface area (Å²) in [6, 6.07) is 8.96. The Morgan fingerprint density at radius 2 is 2.04 bits per heavy atom. The van der Waals surface area contributed by atoms with E-state index in [-0.39, 0.29) is 22.9 Å². The average molecular weight is 336 g/mol. The number of benzene rings is 1. The Labute approximate surface area is 139 Å². The van der Waals surface area contributed by atoms with Crippen LogP contribution in [0.25, 0.3) is 0 Å². The van der Waals surface area contributed by atoms with E-state index in [4.69, 9.17) is 25.5 Å². The van der Waals surface area contributed by atoms with Crippen LogP contribution >= 0.6 is 11.6 Å². The van der Waals surface area contributed by atoms with Gasteiger partial charge in [0.1, 0.15) is 11.5 Å². The maximum atomic E-state index is 12.7. The van der Waals surface area contributed by atoms with Crippen molar-refractivity contribution in [3.05, 3.63) is 46.9 Å². The highest BCUT2D eigenvalue weighted by molar-refractivity contribution is 6.29. The van der Waals surface area contributed by atoms with E-state index in [0.717, 1.165) is 29.9 Å². The van der Waals surface area contributed by atoms with Crippen LogP contribution in [0.3, 0.4) is 0 Å². The van der Waals surface area contributed by atoms with Gasteiger partial charge >= 0.3 is 0 Å². The number of rotatable bonds is 6. The molecule has 0 atom stereocenters. The quantitative estimate of drug-likeness (QED) is 0.806. The standard InChI is InChI=1S/C17H18ClNO4/c1-21-13-5-6-14(22-2)11(9-13)10-19(12-3-4-12)17(20)15-7-8-16(18)23-15/h5-9,12H,3-4,10H2,1-2H3. The topological polar surface area (TPSA) is 51.9 Å². The number of methoxy groups -OCH3 is 2. The van der Waals surface area contributed by atoms with Gasteiger partial charge in [-0.05, 0) is 54.8 Å². The van der Waals surface area contributed by atoms with Crippen LogP contribution in [0.5, 0.6) is 11.5 Å². The van der Waals surface area contributed by atoms with Crippen molar-refractivity contribution in [2.45, 2.75) is 25.4 Å². The summed E-state index contributed by atoms with van der Waals surface area (Å²) in [5.74, 6) is 1.54. The second kappa shape index (κ2) is 6.54. The van der Waals surface area contributed by atoms with Crippen LogP contribution in [0.2, 0.25) is 5.22 Å². The van der Waals surface area contributed by atoms with E-state index in [1.54, 1.807) is 31.3 Å². The molecule has 1 aliphatic carbocycles. The van der Waals surface area contributed by atoms with E-state index in [1.165, 1.54) is 0 Å². The first-order chi connectivity index (χ1) is 11.1. The maximum Gasteiger partial charge on any atom is 0.290 e. The third-order valence-electron chi connectivity index (χ3n) is 3.86. The third kappa shape index (κ3) is 3.45. The molecule has 1 aliphatic rings. The van der Waals surface area contributed by atoms with Gasteiger partial charge in [-0.15, -0.1) is 0 Å². The Morgan fingerprint density at radius 1 is 1.26 bits per heavy atom. The highest BCUT2D eigenvalue weighted by atomic mass is 35.5. The van der Waals surface area contributed by atoms with Crippen molar-refractivity contribution >= 4 is 17.5 Å². The van der Waals surface area contributed by atoms with E-state index >= 15 is 0 Å². The zero-order valence-electron chi connectivity index (χ0n) is 13.0. The van der Waals surface area contributed by atoms with Crippen LogP contribution in [0, 0.1) is 0 Å². The van der Waals surface area contributed by atoms with E-state index in [0.29, 0.717) is 6.54 Å². The molecule has 1 aromatic carbocycles. The first-order valence-electron chi connectivity index (χ1n) is 7.39. The largest absolute Gasteiger partial charge is 0.497 e. The minimum atomic E-state index is -0.163. The number of hydrogen-bond acceptors (Lipinski definition) is 4. The Kier molecular flexibility index (Phi) is 4.48. The predicted molar refractivity (Wildman–Crippen MR) is 86.2 cm³/mol. The minimum Gasteiger partial charge on any atom is -0.497 e. The third-order valence-corrected chi connectivity index (χ3v) is 4.06. The molecule has 0 unspecified atom stereocenters. The molecular formula is C17H18ClNO4. The molecule has 122 valence electrons. The Balaban J connectivity index is 1.87. The summed E-state index contributed by atoms with van der Waals surface area (Å²) in [6.07, 6.45) is 1.99. The normalized spacial score (nSPS) is 13.7. The maximum absolute atomic E-state index is 12.7. The average Bonchev–Trinajstić information content (AvgIpc) is 3.32. The highest BCUT2D eigenvalue weighted by Crippen LogP contribution is 2.33. The minimum absolute atomic E-state index is 0.163. The van der Waals surface area contributed by atoms with Gasteiger partial charge in [0.05, 0.1) is 20.8 Å². The van der Waals surface area contributed by atoms with Crippen LogP contribution in [0.4, 0.5) is 0 Å². The van der Waals surface area contributed by atoms with Gasteiger partial charge in [-0.25, -0.2) is 0 Å². The molecule has 0 N–H and O–H groups in total. The molecule has 1 fully saturated rings. The molecule has 1 heterocycles. The summed E-state index contributed by atoms with van der Waals surface area (Å²) in [4.78, 5) is 14.5. The summed E-state index contributed by atoms with van der Waals surface area (Å²) in [5.41, 5.74) is 0.893. The predicted octanol–water partition coefficient (Wildman–Crippen LogP) is 3.76. The summed E-state index contributed by atoms with van der Waals surface area (Å²) in [7, 11) is 3.22. The van der Waals surface area contributed by atoms with E-state index in [2.05, 4.69) is 0 Å². The van der Waals surface area contributed by atoms with Crippen molar-refractivity contribution in [1.29, 1.82) is 0 Å². The monoisotopic (exact) mass is 335 g/mol. The molecule has 0 saturated heterocycles. The van der Waals surface area contributed by atoms with E-state index in [1.807, 2.05) is 18.2 Å². The first kappa shape index (κ1) is 15.7. The van der Waals surface area contributed by atoms with Gasteiger partial charge in [-0.2, -0.15) is 0 Å². The SMILES string of the molecule is COc1ccc(OC)c(CN(C(=O)c2ccc(Cl)o2)C2CC2)c1. The van der Waals surface area contributed by atoms with Gasteiger partial charge in [0.25, 0.3) is 5.91 Å². The first-order valence-corrected chi connectivity index (χ1v) is 7.77. The lowest BCUT2D eigenvalue weighted by Gasteiger charge is -2.23. The second-order valence-electron chi connectivity index (χ2n) is 5.45. The fourth-order valence-corrected chi connectivity index (χ4v) is 2.66. The van der Waals surface area contributed by atoms with Crippen molar-refractivity contribution in [2.24, 2.45) is 0 Å². The van der Waals surface area contributed by atoms with E-state index < -0.39 is 0 Å². The van der Waals surface area contributed by atoms with Crippen molar-refractivity contribution in [3.8, 4) is 11.5 Å². The second-order valence-corrected chi connectivity index (χ2v) is 5.82. The molecule has 1 amide bonds. The van der Waals surface area contributed by atoms with Crippen LogP contribution in [0.15, 0.2) is 34.7 Å². The lowest BCUT2D eigenvalue weighted by Crippen LogP contribution is -2.32. The van der Waals surface area contributed by atoms with Gasteiger partial charge in [0, 0.05) is 11.6 Å². The molecule has 0 spiro atoms. The Morgan fingerprint density at radius 3 is 2.61 bits per heavy atom. The van der Waals surface area contributed by atoms with Crippen LogP contribution in [0.1, 0.15) is 29.0 Å².